The molecule has 3 nitrogen and oxygen atoms in total. The lowest BCUT2D eigenvalue weighted by Gasteiger charge is -2.21. The van der Waals surface area contributed by atoms with Crippen LogP contribution in [0, 0.1) is 28.5 Å². The van der Waals surface area contributed by atoms with Gasteiger partial charge in [-0.15, -0.1) is 0 Å². The smallest absolute Gasteiger partial charge is 0.130 e. The van der Waals surface area contributed by atoms with E-state index in [0.29, 0.717) is 6.54 Å². The Balaban J connectivity index is 2.25. The van der Waals surface area contributed by atoms with Crippen molar-refractivity contribution in [2.75, 3.05) is 13.1 Å². The van der Waals surface area contributed by atoms with E-state index in [0.717, 1.165) is 24.2 Å². The fourth-order valence-corrected chi connectivity index (χ4v) is 2.63. The Morgan fingerprint density at radius 3 is 2.43 bits per heavy atom. The zero-order valence-electron chi connectivity index (χ0n) is 12.0. The molecule has 0 N–H and O–H groups in total. The molecule has 1 aromatic rings. The lowest BCUT2D eigenvalue weighted by molar-refractivity contribution is 0.276. The number of nitriles is 2. The summed E-state index contributed by atoms with van der Waals surface area (Å²) >= 11 is 0. The van der Waals surface area contributed by atoms with Gasteiger partial charge in [-0.25, -0.2) is 4.39 Å². The van der Waals surface area contributed by atoms with E-state index in [9.17, 15) is 4.39 Å². The summed E-state index contributed by atoms with van der Waals surface area (Å²) in [6.07, 6.45) is 6.37. The molecule has 1 fully saturated rings. The molecule has 21 heavy (non-hydrogen) atoms. The summed E-state index contributed by atoms with van der Waals surface area (Å²) in [6.45, 7) is 2.69. The first-order valence-corrected chi connectivity index (χ1v) is 7.25. The molecule has 0 spiro atoms. The molecule has 1 aliphatic heterocycles. The van der Waals surface area contributed by atoms with Crippen molar-refractivity contribution in [3.8, 4) is 12.1 Å². The second-order valence-corrected chi connectivity index (χ2v) is 5.32. The first kappa shape index (κ1) is 15.2. The summed E-state index contributed by atoms with van der Waals surface area (Å²) in [5.74, 6) is -0.285. The average molecular weight is 283 g/mol. The predicted octanol–water partition coefficient (Wildman–Crippen LogP) is 3.63. The van der Waals surface area contributed by atoms with Crippen LogP contribution in [0.15, 0.2) is 23.8 Å². The van der Waals surface area contributed by atoms with Gasteiger partial charge in [-0.3, -0.25) is 4.90 Å². The largest absolute Gasteiger partial charge is 0.299 e. The third kappa shape index (κ3) is 4.41. The van der Waals surface area contributed by atoms with E-state index in [1.807, 2.05) is 12.1 Å². The van der Waals surface area contributed by atoms with Crippen LogP contribution in [0.3, 0.4) is 0 Å². The van der Waals surface area contributed by atoms with Crippen molar-refractivity contribution in [1.82, 2.24) is 4.90 Å². The molecule has 0 aliphatic carbocycles. The second-order valence-electron chi connectivity index (χ2n) is 5.32. The number of rotatable bonds is 3. The first-order valence-electron chi connectivity index (χ1n) is 7.25. The molecule has 0 saturated carbocycles. The first-order chi connectivity index (χ1) is 10.2. The monoisotopic (exact) mass is 283 g/mol. The van der Waals surface area contributed by atoms with Crippen LogP contribution in [0.25, 0.3) is 6.08 Å². The molecule has 1 heterocycles. The van der Waals surface area contributed by atoms with Crippen LogP contribution < -0.4 is 0 Å². The van der Waals surface area contributed by atoms with Gasteiger partial charge in [-0.2, -0.15) is 10.5 Å². The highest BCUT2D eigenvalue weighted by Crippen LogP contribution is 2.19. The van der Waals surface area contributed by atoms with E-state index >= 15 is 0 Å². The lowest BCUT2D eigenvalue weighted by atomic mass is 10.0. The van der Waals surface area contributed by atoms with Gasteiger partial charge in [0.05, 0.1) is 0 Å². The van der Waals surface area contributed by atoms with Crippen LogP contribution in [0.1, 0.15) is 36.8 Å². The summed E-state index contributed by atoms with van der Waals surface area (Å²) in [5.41, 5.74) is 1.62. The highest BCUT2D eigenvalue weighted by atomic mass is 19.1. The van der Waals surface area contributed by atoms with Crippen molar-refractivity contribution in [2.24, 2.45) is 0 Å². The summed E-state index contributed by atoms with van der Waals surface area (Å²) in [4.78, 5) is 2.32. The zero-order valence-corrected chi connectivity index (χ0v) is 12.0. The molecule has 108 valence electrons. The lowest BCUT2D eigenvalue weighted by Crippen LogP contribution is -2.24. The van der Waals surface area contributed by atoms with Gasteiger partial charge in [-0.1, -0.05) is 18.9 Å². The Labute approximate surface area is 124 Å². The van der Waals surface area contributed by atoms with Crippen LogP contribution in [-0.2, 0) is 6.54 Å². The Kier molecular flexibility index (Phi) is 5.49. The third-order valence-electron chi connectivity index (χ3n) is 3.74. The highest BCUT2D eigenvalue weighted by Gasteiger charge is 2.12. The predicted molar refractivity (Wildman–Crippen MR) is 79.3 cm³/mol. The van der Waals surface area contributed by atoms with E-state index in [2.05, 4.69) is 4.90 Å². The second kappa shape index (κ2) is 7.57. The minimum atomic E-state index is -0.285. The molecule has 0 bridgehead atoms. The summed E-state index contributed by atoms with van der Waals surface area (Å²) in [6, 6.07) is 8.20. The molecule has 1 saturated heterocycles. The van der Waals surface area contributed by atoms with Gasteiger partial charge >= 0.3 is 0 Å². The minimum Gasteiger partial charge on any atom is -0.299 e. The van der Waals surface area contributed by atoms with Crippen molar-refractivity contribution in [3.63, 3.8) is 0 Å². The van der Waals surface area contributed by atoms with Crippen LogP contribution in [-0.4, -0.2) is 18.0 Å². The summed E-state index contributed by atoms with van der Waals surface area (Å²) in [5, 5.41) is 17.7. The van der Waals surface area contributed by atoms with Crippen molar-refractivity contribution >= 4 is 6.08 Å². The molecule has 0 aromatic heterocycles. The van der Waals surface area contributed by atoms with Crippen molar-refractivity contribution in [1.29, 1.82) is 10.5 Å². The number of halogens is 1. The van der Waals surface area contributed by atoms with E-state index in [4.69, 9.17) is 10.5 Å². The Morgan fingerprint density at radius 1 is 1.14 bits per heavy atom. The van der Waals surface area contributed by atoms with Gasteiger partial charge in [0.25, 0.3) is 0 Å². The van der Waals surface area contributed by atoms with E-state index < -0.39 is 0 Å². The third-order valence-corrected chi connectivity index (χ3v) is 3.74. The van der Waals surface area contributed by atoms with Gasteiger partial charge < -0.3 is 0 Å². The Bertz CT molecular complexity index is 583. The van der Waals surface area contributed by atoms with Gasteiger partial charge in [0.1, 0.15) is 23.5 Å². The van der Waals surface area contributed by atoms with Crippen molar-refractivity contribution < 1.29 is 4.39 Å². The molecular formula is C17H18FN3. The summed E-state index contributed by atoms with van der Waals surface area (Å²) in [7, 11) is 0. The van der Waals surface area contributed by atoms with Crippen molar-refractivity contribution in [3.05, 3.63) is 40.7 Å². The van der Waals surface area contributed by atoms with Crippen LogP contribution >= 0.6 is 0 Å². The molecule has 0 amide bonds. The fraction of sp³-hybridized carbons (Fsp3) is 0.412. The van der Waals surface area contributed by atoms with Crippen LogP contribution in [0.4, 0.5) is 4.39 Å². The number of likely N-dealkylation sites (tertiary alicyclic amines) is 1. The molecule has 0 unspecified atom stereocenters. The maximum atomic E-state index is 13.5. The normalized spacial score (nSPS) is 15.6. The maximum absolute atomic E-state index is 13.5. The average Bonchev–Trinajstić information content (AvgIpc) is 2.75. The zero-order chi connectivity index (χ0) is 15.1. The number of allylic oxidation sites excluding steroid dienone is 1. The molecule has 2 rings (SSSR count). The topological polar surface area (TPSA) is 50.8 Å². The number of benzene rings is 1. The van der Waals surface area contributed by atoms with E-state index in [1.54, 1.807) is 6.07 Å². The maximum Gasteiger partial charge on any atom is 0.130 e. The summed E-state index contributed by atoms with van der Waals surface area (Å²) < 4.78 is 13.5. The molecule has 0 atom stereocenters. The molecule has 1 aromatic carbocycles. The Hall–Kier alpha value is -2.17. The standard InChI is InChI=1S/C17H18FN3/c18-17-6-5-15(9-14(11-19)12-20)16(10-17)13-21-7-3-1-2-4-8-21/h5-6,9-10H,1-4,7-8,13H2. The van der Waals surface area contributed by atoms with Gasteiger partial charge in [0.2, 0.25) is 0 Å². The van der Waals surface area contributed by atoms with Gasteiger partial charge in [0.15, 0.2) is 0 Å². The fourth-order valence-electron chi connectivity index (χ4n) is 2.63. The van der Waals surface area contributed by atoms with E-state index in [1.165, 1.54) is 43.9 Å². The molecule has 1 aliphatic rings. The number of hydrogen-bond acceptors (Lipinski definition) is 3. The van der Waals surface area contributed by atoms with Gasteiger partial charge in [0, 0.05) is 6.54 Å². The number of hydrogen-bond donors (Lipinski definition) is 0. The molecular weight excluding hydrogens is 265 g/mol. The quantitative estimate of drug-likeness (QED) is 0.796. The molecule has 4 heteroatoms. The molecule has 0 radical (unpaired) electrons. The SMILES string of the molecule is N#CC(C#N)=Cc1ccc(F)cc1CN1CCCCCC1. The van der Waals surface area contributed by atoms with E-state index in [-0.39, 0.29) is 11.4 Å². The minimum absolute atomic E-state index is 0.0405. The van der Waals surface area contributed by atoms with Crippen molar-refractivity contribution in [2.45, 2.75) is 32.2 Å². The van der Waals surface area contributed by atoms with Crippen LogP contribution in [0.5, 0.6) is 0 Å². The van der Waals surface area contributed by atoms with Gasteiger partial charge in [-0.05, 0) is 55.3 Å². The Morgan fingerprint density at radius 2 is 1.81 bits per heavy atom. The van der Waals surface area contributed by atoms with Crippen LogP contribution in [0.2, 0.25) is 0 Å². The number of nitrogens with zero attached hydrogens (tertiary/aromatic N) is 3. The highest BCUT2D eigenvalue weighted by molar-refractivity contribution is 5.64.